The van der Waals surface area contributed by atoms with E-state index < -0.39 is 0 Å². The van der Waals surface area contributed by atoms with E-state index in [-0.39, 0.29) is 17.7 Å². The van der Waals surface area contributed by atoms with Crippen LogP contribution in [-0.4, -0.2) is 11.8 Å². The fraction of sp³-hybridized carbons (Fsp3) is 0.579. The molecule has 4 heteroatoms. The van der Waals surface area contributed by atoms with Crippen LogP contribution in [0.25, 0.3) is 0 Å². The van der Waals surface area contributed by atoms with E-state index in [0.29, 0.717) is 5.56 Å². The van der Waals surface area contributed by atoms with Crippen molar-refractivity contribution in [2.24, 2.45) is 11.8 Å². The molecule has 0 aliphatic heterocycles. The van der Waals surface area contributed by atoms with E-state index in [4.69, 9.17) is 0 Å². The highest BCUT2D eigenvalue weighted by molar-refractivity contribution is 5.96. The Bertz CT molecular complexity index is 534. The third kappa shape index (κ3) is 5.08. The van der Waals surface area contributed by atoms with Crippen LogP contribution in [0.5, 0.6) is 0 Å². The number of hydrazine groups is 1. The molecule has 126 valence electrons. The second-order valence-electron chi connectivity index (χ2n) is 6.62. The number of benzene rings is 1. The number of carbonyl (C=O) groups excluding carboxylic acids is 2. The van der Waals surface area contributed by atoms with Crippen molar-refractivity contribution in [3.05, 3.63) is 35.4 Å². The highest BCUT2D eigenvalue weighted by atomic mass is 16.2. The number of hydrogen-bond acceptors (Lipinski definition) is 2. The first-order valence-corrected chi connectivity index (χ1v) is 8.77. The normalized spacial score (nSPS) is 20.8. The van der Waals surface area contributed by atoms with Gasteiger partial charge < -0.3 is 0 Å². The minimum absolute atomic E-state index is 0.0325. The van der Waals surface area contributed by atoms with Gasteiger partial charge in [-0.25, -0.2) is 0 Å². The summed E-state index contributed by atoms with van der Waals surface area (Å²) in [4.78, 5) is 24.3. The summed E-state index contributed by atoms with van der Waals surface area (Å²) < 4.78 is 0. The molecule has 0 unspecified atom stereocenters. The average Bonchev–Trinajstić information content (AvgIpc) is 2.58. The molecule has 0 aromatic heterocycles. The van der Waals surface area contributed by atoms with E-state index in [0.717, 1.165) is 37.2 Å². The zero-order chi connectivity index (χ0) is 16.7. The maximum absolute atomic E-state index is 12.2. The van der Waals surface area contributed by atoms with Crippen LogP contribution in [0, 0.1) is 18.8 Å². The van der Waals surface area contributed by atoms with Crippen molar-refractivity contribution in [2.75, 3.05) is 0 Å². The van der Waals surface area contributed by atoms with Crippen molar-refractivity contribution in [3.63, 3.8) is 0 Å². The van der Waals surface area contributed by atoms with E-state index in [1.165, 1.54) is 19.3 Å². The summed E-state index contributed by atoms with van der Waals surface area (Å²) in [5.41, 5.74) is 6.63. The van der Waals surface area contributed by atoms with Crippen LogP contribution in [-0.2, 0) is 4.79 Å². The molecule has 0 bridgehead atoms. The first-order valence-electron chi connectivity index (χ1n) is 8.77. The Kier molecular flexibility index (Phi) is 6.63. The summed E-state index contributed by atoms with van der Waals surface area (Å²) in [7, 11) is 0. The Morgan fingerprint density at radius 2 is 1.78 bits per heavy atom. The zero-order valence-corrected chi connectivity index (χ0v) is 14.2. The molecule has 2 N–H and O–H groups in total. The number of nitrogens with one attached hydrogen (secondary N) is 2. The van der Waals surface area contributed by atoms with Crippen LogP contribution in [0.15, 0.2) is 24.3 Å². The molecule has 2 amide bonds. The van der Waals surface area contributed by atoms with Crippen molar-refractivity contribution in [3.8, 4) is 0 Å². The summed E-state index contributed by atoms with van der Waals surface area (Å²) in [5.74, 6) is 0.500. The molecule has 1 aliphatic carbocycles. The van der Waals surface area contributed by atoms with Crippen molar-refractivity contribution in [1.82, 2.24) is 10.9 Å². The van der Waals surface area contributed by atoms with E-state index >= 15 is 0 Å². The van der Waals surface area contributed by atoms with Gasteiger partial charge in [-0.15, -0.1) is 0 Å². The summed E-state index contributed by atoms with van der Waals surface area (Å²) in [6.45, 7) is 4.10. The van der Waals surface area contributed by atoms with Crippen LogP contribution in [0.2, 0.25) is 0 Å². The van der Waals surface area contributed by atoms with Gasteiger partial charge in [0.15, 0.2) is 0 Å². The maximum Gasteiger partial charge on any atom is 0.269 e. The van der Waals surface area contributed by atoms with E-state index in [1.54, 1.807) is 6.07 Å². The fourth-order valence-electron chi connectivity index (χ4n) is 3.32. The molecule has 1 aromatic carbocycles. The molecule has 1 aliphatic rings. The number of hydrogen-bond donors (Lipinski definition) is 2. The second kappa shape index (κ2) is 8.70. The van der Waals surface area contributed by atoms with Crippen molar-refractivity contribution >= 4 is 11.8 Å². The number of aryl methyl sites for hydroxylation is 1. The summed E-state index contributed by atoms with van der Waals surface area (Å²) in [5, 5.41) is 0. The minimum Gasteiger partial charge on any atom is -0.273 e. The van der Waals surface area contributed by atoms with Crippen LogP contribution >= 0.6 is 0 Å². The lowest BCUT2D eigenvalue weighted by Gasteiger charge is -2.27. The SMILES string of the molecule is CCCCC1CCC(C(=O)NNC(=O)c2ccccc2C)CC1. The molecule has 1 aromatic rings. The smallest absolute Gasteiger partial charge is 0.269 e. The van der Waals surface area contributed by atoms with Crippen molar-refractivity contribution in [1.29, 1.82) is 0 Å². The first kappa shape index (κ1) is 17.5. The van der Waals surface area contributed by atoms with Crippen molar-refractivity contribution < 1.29 is 9.59 Å². The fourth-order valence-corrected chi connectivity index (χ4v) is 3.32. The molecule has 0 spiro atoms. The molecule has 1 saturated carbocycles. The second-order valence-corrected chi connectivity index (χ2v) is 6.62. The third-order valence-corrected chi connectivity index (χ3v) is 4.87. The van der Waals surface area contributed by atoms with Gasteiger partial charge in [0.1, 0.15) is 0 Å². The molecule has 4 nitrogen and oxygen atoms in total. The Morgan fingerprint density at radius 1 is 1.09 bits per heavy atom. The average molecular weight is 316 g/mol. The lowest BCUT2D eigenvalue weighted by atomic mass is 9.79. The number of rotatable bonds is 5. The highest BCUT2D eigenvalue weighted by Crippen LogP contribution is 2.31. The molecule has 2 rings (SSSR count). The lowest BCUT2D eigenvalue weighted by molar-refractivity contribution is -0.127. The Balaban J connectivity index is 1.75. The Labute approximate surface area is 139 Å². The van der Waals surface area contributed by atoms with Gasteiger partial charge in [-0.05, 0) is 50.2 Å². The van der Waals surface area contributed by atoms with Gasteiger partial charge in [0.2, 0.25) is 5.91 Å². The zero-order valence-electron chi connectivity index (χ0n) is 14.2. The van der Waals surface area contributed by atoms with Gasteiger partial charge in [0, 0.05) is 11.5 Å². The van der Waals surface area contributed by atoms with Gasteiger partial charge >= 0.3 is 0 Å². The molecule has 0 heterocycles. The minimum atomic E-state index is -0.256. The summed E-state index contributed by atoms with van der Waals surface area (Å²) in [6, 6.07) is 7.35. The predicted octanol–water partition coefficient (Wildman–Crippen LogP) is 3.75. The summed E-state index contributed by atoms with van der Waals surface area (Å²) in [6.07, 6.45) is 7.93. The standard InChI is InChI=1S/C19H28N2O2/c1-3-4-8-15-10-12-16(13-11-15)18(22)20-21-19(23)17-9-6-5-7-14(17)2/h5-7,9,15-16H,3-4,8,10-13H2,1-2H3,(H,20,22)(H,21,23). The Morgan fingerprint density at radius 3 is 2.43 bits per heavy atom. The number of unbranched alkanes of at least 4 members (excludes halogenated alkanes) is 1. The van der Waals surface area contributed by atoms with E-state index in [1.807, 2.05) is 25.1 Å². The van der Waals surface area contributed by atoms with Gasteiger partial charge in [-0.3, -0.25) is 20.4 Å². The monoisotopic (exact) mass is 316 g/mol. The largest absolute Gasteiger partial charge is 0.273 e. The van der Waals surface area contributed by atoms with Gasteiger partial charge in [0.05, 0.1) is 0 Å². The predicted molar refractivity (Wildman–Crippen MR) is 91.8 cm³/mol. The number of carbonyl (C=O) groups is 2. The molecule has 1 fully saturated rings. The summed E-state index contributed by atoms with van der Waals surface area (Å²) >= 11 is 0. The van der Waals surface area contributed by atoms with Crippen LogP contribution in [0.4, 0.5) is 0 Å². The molecular formula is C19H28N2O2. The molecule has 0 saturated heterocycles. The van der Waals surface area contributed by atoms with Gasteiger partial charge in [0.25, 0.3) is 5.91 Å². The molecule has 0 atom stereocenters. The van der Waals surface area contributed by atoms with Gasteiger partial charge in [-0.2, -0.15) is 0 Å². The van der Waals surface area contributed by atoms with Gasteiger partial charge in [-0.1, -0.05) is 44.4 Å². The van der Waals surface area contributed by atoms with E-state index in [9.17, 15) is 9.59 Å². The van der Waals surface area contributed by atoms with Crippen molar-refractivity contribution in [2.45, 2.75) is 58.8 Å². The quantitative estimate of drug-likeness (QED) is 0.813. The third-order valence-electron chi connectivity index (χ3n) is 4.87. The molecule has 0 radical (unpaired) electrons. The Hall–Kier alpha value is -1.84. The van der Waals surface area contributed by atoms with Crippen LogP contribution in [0.3, 0.4) is 0 Å². The van der Waals surface area contributed by atoms with Crippen LogP contribution < -0.4 is 10.9 Å². The van der Waals surface area contributed by atoms with E-state index in [2.05, 4.69) is 17.8 Å². The lowest BCUT2D eigenvalue weighted by Crippen LogP contribution is -2.45. The highest BCUT2D eigenvalue weighted by Gasteiger charge is 2.26. The molecular weight excluding hydrogens is 288 g/mol. The van der Waals surface area contributed by atoms with Crippen LogP contribution in [0.1, 0.15) is 67.8 Å². The topological polar surface area (TPSA) is 58.2 Å². The molecule has 23 heavy (non-hydrogen) atoms. The number of amides is 2. The maximum atomic E-state index is 12.2. The first-order chi connectivity index (χ1) is 11.1.